The summed E-state index contributed by atoms with van der Waals surface area (Å²) < 4.78 is 0. The summed E-state index contributed by atoms with van der Waals surface area (Å²) >= 11 is 0. The molecule has 2 N–H and O–H groups in total. The molecule has 0 spiro atoms. The molecule has 1 aromatic rings. The number of amides is 2. The summed E-state index contributed by atoms with van der Waals surface area (Å²) in [6.45, 7) is 2.18. The Morgan fingerprint density at radius 2 is 2.20 bits per heavy atom. The number of primary amides is 1. The third kappa shape index (κ3) is 3.15. The number of nitrogens with two attached hydrogens (primary N) is 1. The van der Waals surface area contributed by atoms with Gasteiger partial charge in [0.15, 0.2) is 0 Å². The molecule has 1 fully saturated rings. The first-order chi connectivity index (χ1) is 9.52. The van der Waals surface area contributed by atoms with Crippen molar-refractivity contribution in [1.29, 1.82) is 5.26 Å². The largest absolute Gasteiger partial charge is 0.368 e. The van der Waals surface area contributed by atoms with Crippen molar-refractivity contribution in [3.8, 4) is 6.07 Å². The summed E-state index contributed by atoms with van der Waals surface area (Å²) in [7, 11) is 0. The highest BCUT2D eigenvalue weighted by Gasteiger charge is 2.32. The van der Waals surface area contributed by atoms with Gasteiger partial charge in [-0.3, -0.25) is 9.59 Å². The molecular weight excluding hydrogens is 254 g/mol. The van der Waals surface area contributed by atoms with Gasteiger partial charge in [-0.05, 0) is 43.9 Å². The van der Waals surface area contributed by atoms with Crippen LogP contribution in [-0.4, -0.2) is 29.3 Å². The van der Waals surface area contributed by atoms with E-state index in [1.807, 2.05) is 6.07 Å². The van der Waals surface area contributed by atoms with E-state index < -0.39 is 11.9 Å². The highest BCUT2D eigenvalue weighted by atomic mass is 16.2. The fraction of sp³-hybridized carbons (Fsp3) is 0.400. The Bertz CT molecular complexity index is 573. The quantitative estimate of drug-likeness (QED) is 0.875. The minimum atomic E-state index is -0.645. The van der Waals surface area contributed by atoms with Crippen LogP contribution in [0.2, 0.25) is 0 Å². The van der Waals surface area contributed by atoms with Gasteiger partial charge in [0.1, 0.15) is 6.04 Å². The van der Waals surface area contributed by atoms with Crippen LogP contribution in [0.15, 0.2) is 24.3 Å². The molecule has 1 unspecified atom stereocenters. The number of benzene rings is 1. The van der Waals surface area contributed by atoms with Crippen molar-refractivity contribution in [2.45, 2.75) is 25.8 Å². The van der Waals surface area contributed by atoms with E-state index in [-0.39, 0.29) is 5.91 Å². The Morgan fingerprint density at radius 3 is 2.75 bits per heavy atom. The molecule has 1 aliphatic carbocycles. The van der Waals surface area contributed by atoms with Gasteiger partial charge >= 0.3 is 0 Å². The Labute approximate surface area is 118 Å². The number of carbonyl (C=O) groups is 2. The Hall–Kier alpha value is -2.35. The van der Waals surface area contributed by atoms with Crippen LogP contribution in [0.5, 0.6) is 0 Å². The molecule has 5 nitrogen and oxygen atoms in total. The van der Waals surface area contributed by atoms with Gasteiger partial charge in [-0.2, -0.15) is 5.26 Å². The van der Waals surface area contributed by atoms with E-state index in [2.05, 4.69) is 0 Å². The zero-order valence-electron chi connectivity index (χ0n) is 11.4. The molecule has 0 aromatic heterocycles. The van der Waals surface area contributed by atoms with E-state index in [9.17, 15) is 9.59 Å². The molecule has 0 bridgehead atoms. The summed E-state index contributed by atoms with van der Waals surface area (Å²) in [5.74, 6) is -0.310. The first-order valence-electron chi connectivity index (χ1n) is 6.63. The van der Waals surface area contributed by atoms with E-state index in [4.69, 9.17) is 11.0 Å². The van der Waals surface area contributed by atoms with Crippen molar-refractivity contribution in [2.75, 3.05) is 6.54 Å². The fourth-order valence-electron chi connectivity index (χ4n) is 2.04. The lowest BCUT2D eigenvalue weighted by Gasteiger charge is -2.27. The second kappa shape index (κ2) is 5.74. The van der Waals surface area contributed by atoms with Gasteiger partial charge in [0, 0.05) is 12.1 Å². The van der Waals surface area contributed by atoms with Gasteiger partial charge in [0.2, 0.25) is 5.91 Å². The normalized spacial score (nSPS) is 15.2. The first kappa shape index (κ1) is 14.1. The maximum atomic E-state index is 12.5. The molecule has 1 saturated carbocycles. The van der Waals surface area contributed by atoms with Crippen LogP contribution in [0.3, 0.4) is 0 Å². The van der Waals surface area contributed by atoms with Gasteiger partial charge in [-0.25, -0.2) is 0 Å². The minimum Gasteiger partial charge on any atom is -0.368 e. The predicted molar refractivity (Wildman–Crippen MR) is 73.6 cm³/mol. The van der Waals surface area contributed by atoms with Crippen molar-refractivity contribution in [1.82, 2.24) is 4.90 Å². The minimum absolute atomic E-state index is 0.250. The van der Waals surface area contributed by atoms with Crippen molar-refractivity contribution < 1.29 is 9.59 Å². The standard InChI is InChI=1S/C15H17N3O2/c1-10(14(17)19)18(9-11-5-6-11)15(20)13-4-2-3-12(7-13)8-16/h2-4,7,10-11H,5-6,9H2,1H3,(H2,17,19). The Kier molecular flexibility index (Phi) is 4.04. The molecule has 1 atom stereocenters. The van der Waals surface area contributed by atoms with Crippen molar-refractivity contribution in [3.05, 3.63) is 35.4 Å². The van der Waals surface area contributed by atoms with Crippen molar-refractivity contribution >= 4 is 11.8 Å². The van der Waals surface area contributed by atoms with Gasteiger partial charge < -0.3 is 10.6 Å². The van der Waals surface area contributed by atoms with Crippen LogP contribution in [-0.2, 0) is 4.79 Å². The van der Waals surface area contributed by atoms with E-state index >= 15 is 0 Å². The summed E-state index contributed by atoms with van der Waals surface area (Å²) in [4.78, 5) is 25.4. The topological polar surface area (TPSA) is 87.2 Å². The first-order valence-corrected chi connectivity index (χ1v) is 6.63. The molecule has 5 heteroatoms. The molecule has 2 amide bonds. The Morgan fingerprint density at radius 1 is 1.50 bits per heavy atom. The molecule has 104 valence electrons. The number of nitrogens with zero attached hydrogens (tertiary/aromatic N) is 2. The number of carbonyl (C=O) groups excluding carboxylic acids is 2. The molecule has 0 aliphatic heterocycles. The molecular formula is C15H17N3O2. The third-order valence-corrected chi connectivity index (χ3v) is 3.53. The summed E-state index contributed by atoms with van der Waals surface area (Å²) in [6.07, 6.45) is 2.15. The summed E-state index contributed by atoms with van der Waals surface area (Å²) in [5.41, 5.74) is 6.16. The van der Waals surface area contributed by atoms with Gasteiger partial charge in [-0.1, -0.05) is 6.07 Å². The second-order valence-corrected chi connectivity index (χ2v) is 5.17. The van der Waals surface area contributed by atoms with Crippen molar-refractivity contribution in [3.63, 3.8) is 0 Å². The molecule has 20 heavy (non-hydrogen) atoms. The maximum absolute atomic E-state index is 12.5. The third-order valence-electron chi connectivity index (χ3n) is 3.53. The smallest absolute Gasteiger partial charge is 0.254 e. The van der Waals surface area contributed by atoms with E-state index in [1.165, 1.54) is 11.0 Å². The summed E-state index contributed by atoms with van der Waals surface area (Å²) in [5, 5.41) is 8.89. The fourth-order valence-corrected chi connectivity index (χ4v) is 2.04. The van der Waals surface area contributed by atoms with E-state index in [1.54, 1.807) is 25.1 Å². The lowest BCUT2D eigenvalue weighted by atomic mass is 10.1. The van der Waals surface area contributed by atoms with Gasteiger partial charge in [0.25, 0.3) is 5.91 Å². The Balaban J connectivity index is 2.24. The second-order valence-electron chi connectivity index (χ2n) is 5.17. The zero-order valence-corrected chi connectivity index (χ0v) is 11.4. The number of rotatable bonds is 5. The molecule has 1 aliphatic rings. The number of nitriles is 1. The maximum Gasteiger partial charge on any atom is 0.254 e. The van der Waals surface area contributed by atoms with Gasteiger partial charge in [-0.15, -0.1) is 0 Å². The van der Waals surface area contributed by atoms with E-state index in [0.717, 1.165) is 12.8 Å². The molecule has 2 rings (SSSR count). The highest BCUT2D eigenvalue weighted by molar-refractivity contribution is 5.97. The van der Waals surface area contributed by atoms with Crippen LogP contribution < -0.4 is 5.73 Å². The SMILES string of the molecule is CC(C(N)=O)N(CC1CC1)C(=O)c1cccc(C#N)c1. The van der Waals surface area contributed by atoms with E-state index in [0.29, 0.717) is 23.6 Å². The highest BCUT2D eigenvalue weighted by Crippen LogP contribution is 2.30. The lowest BCUT2D eigenvalue weighted by Crippen LogP contribution is -2.47. The van der Waals surface area contributed by atoms with Crippen LogP contribution in [0, 0.1) is 17.2 Å². The molecule has 0 heterocycles. The number of hydrogen-bond donors (Lipinski definition) is 1. The average Bonchev–Trinajstić information content (AvgIpc) is 3.27. The van der Waals surface area contributed by atoms with Crippen LogP contribution >= 0.6 is 0 Å². The average molecular weight is 271 g/mol. The molecule has 0 saturated heterocycles. The predicted octanol–water partition coefficient (Wildman–Crippen LogP) is 1.28. The molecule has 1 aromatic carbocycles. The van der Waals surface area contributed by atoms with Crippen LogP contribution in [0.1, 0.15) is 35.7 Å². The monoisotopic (exact) mass is 271 g/mol. The molecule has 0 radical (unpaired) electrons. The number of hydrogen-bond acceptors (Lipinski definition) is 3. The van der Waals surface area contributed by atoms with Crippen molar-refractivity contribution in [2.24, 2.45) is 11.7 Å². The van der Waals surface area contributed by atoms with Crippen LogP contribution in [0.25, 0.3) is 0 Å². The van der Waals surface area contributed by atoms with Crippen LogP contribution in [0.4, 0.5) is 0 Å². The summed E-state index contributed by atoms with van der Waals surface area (Å²) in [6, 6.07) is 7.85. The zero-order chi connectivity index (χ0) is 14.7. The lowest BCUT2D eigenvalue weighted by molar-refractivity contribution is -0.122. The van der Waals surface area contributed by atoms with Gasteiger partial charge in [0.05, 0.1) is 11.6 Å².